The highest BCUT2D eigenvalue weighted by molar-refractivity contribution is 7.92. The van der Waals surface area contributed by atoms with Crippen LogP contribution < -0.4 is 19.5 Å². The summed E-state index contributed by atoms with van der Waals surface area (Å²) in [5, 5.41) is 2.82. The molecule has 1 amide bonds. The largest absolute Gasteiger partial charge is 0.497 e. The van der Waals surface area contributed by atoms with Crippen molar-refractivity contribution in [3.8, 4) is 11.5 Å². The molecule has 0 saturated heterocycles. The summed E-state index contributed by atoms with van der Waals surface area (Å²) in [6, 6.07) is 15.7. The van der Waals surface area contributed by atoms with E-state index in [9.17, 15) is 13.2 Å². The zero-order chi connectivity index (χ0) is 22.6. The highest BCUT2D eigenvalue weighted by Crippen LogP contribution is 2.30. The molecule has 0 aliphatic heterocycles. The maximum atomic E-state index is 12.7. The first kappa shape index (κ1) is 22.5. The Labute approximate surface area is 186 Å². The minimum Gasteiger partial charge on any atom is -0.497 e. The molecule has 0 saturated carbocycles. The standard InChI is InChI=1S/C22H21ClN2O5S/c1-14-4-8-17(9-5-14)31(27,28)25-15-6-10-18(19(23)12-15)22(26)24-20-11-7-16(29-2)13-21(20)30-3/h4-13,25H,1-3H3,(H,24,26). The number of aryl methyl sites for hydroxylation is 1. The predicted octanol–water partition coefficient (Wildman–Crippen LogP) is 4.72. The fraction of sp³-hybridized carbons (Fsp3) is 0.136. The third-order valence-corrected chi connectivity index (χ3v) is 6.16. The fourth-order valence-electron chi connectivity index (χ4n) is 2.79. The van der Waals surface area contributed by atoms with Crippen molar-refractivity contribution in [2.45, 2.75) is 11.8 Å². The molecule has 0 heterocycles. The third kappa shape index (κ3) is 5.28. The molecular formula is C22H21ClN2O5S. The molecule has 0 radical (unpaired) electrons. The summed E-state index contributed by atoms with van der Waals surface area (Å²) in [7, 11) is -0.774. The molecule has 3 aromatic carbocycles. The van der Waals surface area contributed by atoms with Crippen LogP contribution in [-0.4, -0.2) is 28.5 Å². The number of nitrogens with one attached hydrogen (secondary N) is 2. The number of methoxy groups -OCH3 is 2. The number of ether oxygens (including phenoxy) is 2. The minimum atomic E-state index is -3.78. The van der Waals surface area contributed by atoms with E-state index in [1.165, 1.54) is 44.6 Å². The van der Waals surface area contributed by atoms with Crippen molar-refractivity contribution >= 4 is 38.9 Å². The zero-order valence-electron chi connectivity index (χ0n) is 17.1. The van der Waals surface area contributed by atoms with Crippen molar-refractivity contribution in [1.29, 1.82) is 0 Å². The molecule has 0 aliphatic rings. The van der Waals surface area contributed by atoms with Gasteiger partial charge in [-0.2, -0.15) is 0 Å². The second-order valence-electron chi connectivity index (χ2n) is 6.63. The molecule has 3 rings (SSSR count). The molecule has 0 aliphatic carbocycles. The van der Waals surface area contributed by atoms with Gasteiger partial charge in [0.2, 0.25) is 0 Å². The lowest BCUT2D eigenvalue weighted by molar-refractivity contribution is 0.102. The highest BCUT2D eigenvalue weighted by Gasteiger charge is 2.17. The maximum absolute atomic E-state index is 12.7. The second kappa shape index (κ2) is 9.28. The summed E-state index contributed by atoms with van der Waals surface area (Å²) in [5.74, 6) is 0.533. The first-order valence-corrected chi connectivity index (χ1v) is 11.0. The summed E-state index contributed by atoms with van der Waals surface area (Å²) in [4.78, 5) is 12.8. The van der Waals surface area contributed by atoms with Crippen LogP contribution in [0.5, 0.6) is 11.5 Å². The van der Waals surface area contributed by atoms with Crippen molar-refractivity contribution in [1.82, 2.24) is 0 Å². The number of anilines is 2. The zero-order valence-corrected chi connectivity index (χ0v) is 18.7. The van der Waals surface area contributed by atoms with E-state index in [1.807, 2.05) is 6.92 Å². The molecular weight excluding hydrogens is 440 g/mol. The van der Waals surface area contributed by atoms with Crippen LogP contribution in [0.15, 0.2) is 65.6 Å². The average molecular weight is 461 g/mol. The van der Waals surface area contributed by atoms with Gasteiger partial charge >= 0.3 is 0 Å². The van der Waals surface area contributed by atoms with Crippen LogP contribution in [0.1, 0.15) is 15.9 Å². The number of sulfonamides is 1. The summed E-state index contributed by atoms with van der Waals surface area (Å²) >= 11 is 6.26. The van der Waals surface area contributed by atoms with Gasteiger partial charge < -0.3 is 14.8 Å². The summed E-state index contributed by atoms with van der Waals surface area (Å²) in [6.45, 7) is 1.87. The maximum Gasteiger partial charge on any atom is 0.261 e. The molecule has 0 atom stereocenters. The third-order valence-electron chi connectivity index (χ3n) is 4.45. The van der Waals surface area contributed by atoms with Gasteiger partial charge in [0.05, 0.1) is 41.1 Å². The van der Waals surface area contributed by atoms with Crippen LogP contribution in [0.2, 0.25) is 5.02 Å². The predicted molar refractivity (Wildman–Crippen MR) is 121 cm³/mol. The molecule has 0 bridgehead atoms. The van der Waals surface area contributed by atoms with Gasteiger partial charge in [0.15, 0.2) is 0 Å². The van der Waals surface area contributed by atoms with Crippen LogP contribution in [0.3, 0.4) is 0 Å². The van der Waals surface area contributed by atoms with Crippen LogP contribution in [0, 0.1) is 6.92 Å². The van der Waals surface area contributed by atoms with Gasteiger partial charge in [-0.1, -0.05) is 29.3 Å². The topological polar surface area (TPSA) is 93.7 Å². The SMILES string of the molecule is COc1ccc(NC(=O)c2ccc(NS(=O)(=O)c3ccc(C)cc3)cc2Cl)c(OC)c1. The quantitative estimate of drug-likeness (QED) is 0.532. The van der Waals surface area contributed by atoms with Crippen molar-refractivity contribution in [2.24, 2.45) is 0 Å². The van der Waals surface area contributed by atoms with E-state index < -0.39 is 15.9 Å². The van der Waals surface area contributed by atoms with Gasteiger partial charge in [-0.25, -0.2) is 8.42 Å². The first-order chi connectivity index (χ1) is 14.7. The smallest absolute Gasteiger partial charge is 0.261 e. The minimum absolute atomic E-state index is 0.0917. The van der Waals surface area contributed by atoms with Crippen molar-refractivity contribution in [3.63, 3.8) is 0 Å². The molecule has 0 spiro atoms. The van der Waals surface area contributed by atoms with E-state index >= 15 is 0 Å². The molecule has 0 unspecified atom stereocenters. The van der Waals surface area contributed by atoms with E-state index in [-0.39, 0.29) is 21.2 Å². The van der Waals surface area contributed by atoms with E-state index in [2.05, 4.69) is 10.0 Å². The molecule has 2 N–H and O–H groups in total. The number of amides is 1. The van der Waals surface area contributed by atoms with E-state index in [1.54, 1.807) is 30.3 Å². The van der Waals surface area contributed by atoms with E-state index in [0.29, 0.717) is 17.2 Å². The van der Waals surface area contributed by atoms with Crippen LogP contribution in [0.4, 0.5) is 11.4 Å². The lowest BCUT2D eigenvalue weighted by Crippen LogP contribution is -2.15. The Kier molecular flexibility index (Phi) is 6.72. The Morgan fingerprint density at radius 2 is 1.65 bits per heavy atom. The molecule has 162 valence electrons. The van der Waals surface area contributed by atoms with Gasteiger partial charge in [0.1, 0.15) is 11.5 Å². The molecule has 0 aromatic heterocycles. The van der Waals surface area contributed by atoms with Gasteiger partial charge in [-0.3, -0.25) is 9.52 Å². The fourth-order valence-corrected chi connectivity index (χ4v) is 4.10. The number of benzene rings is 3. The average Bonchev–Trinajstić information content (AvgIpc) is 2.74. The summed E-state index contributed by atoms with van der Waals surface area (Å²) < 4.78 is 38.0. The first-order valence-electron chi connectivity index (χ1n) is 9.16. The van der Waals surface area contributed by atoms with Crippen LogP contribution in [0.25, 0.3) is 0 Å². The van der Waals surface area contributed by atoms with E-state index in [4.69, 9.17) is 21.1 Å². The Morgan fingerprint density at radius 3 is 2.26 bits per heavy atom. The number of halogens is 1. The number of hydrogen-bond acceptors (Lipinski definition) is 5. The molecule has 31 heavy (non-hydrogen) atoms. The normalized spacial score (nSPS) is 11.0. The summed E-state index contributed by atoms with van der Waals surface area (Å²) in [6.07, 6.45) is 0. The molecule has 0 fully saturated rings. The van der Waals surface area contributed by atoms with Gasteiger partial charge in [0.25, 0.3) is 15.9 Å². The Balaban J connectivity index is 1.79. The molecule has 3 aromatic rings. The summed E-state index contributed by atoms with van der Waals surface area (Å²) in [5.41, 5.74) is 1.81. The van der Waals surface area contributed by atoms with Crippen LogP contribution in [-0.2, 0) is 10.0 Å². The Hall–Kier alpha value is -3.23. The van der Waals surface area contributed by atoms with Crippen molar-refractivity contribution in [2.75, 3.05) is 24.3 Å². The monoisotopic (exact) mass is 460 g/mol. The number of rotatable bonds is 7. The van der Waals surface area contributed by atoms with E-state index in [0.717, 1.165) is 5.56 Å². The second-order valence-corrected chi connectivity index (χ2v) is 8.72. The van der Waals surface area contributed by atoms with Gasteiger partial charge in [0, 0.05) is 6.07 Å². The lowest BCUT2D eigenvalue weighted by atomic mass is 10.2. The highest BCUT2D eigenvalue weighted by atomic mass is 35.5. The van der Waals surface area contributed by atoms with Crippen LogP contribution >= 0.6 is 11.6 Å². The molecule has 7 nitrogen and oxygen atoms in total. The number of carbonyl (C=O) groups excluding carboxylic acids is 1. The Bertz CT molecular complexity index is 1210. The Morgan fingerprint density at radius 1 is 0.935 bits per heavy atom. The van der Waals surface area contributed by atoms with Crippen molar-refractivity contribution < 1.29 is 22.7 Å². The number of carbonyl (C=O) groups is 1. The van der Waals surface area contributed by atoms with Crippen molar-refractivity contribution in [3.05, 3.63) is 76.8 Å². The molecule has 9 heteroatoms. The van der Waals surface area contributed by atoms with Gasteiger partial charge in [-0.15, -0.1) is 0 Å². The lowest BCUT2D eigenvalue weighted by Gasteiger charge is -2.13. The van der Waals surface area contributed by atoms with Gasteiger partial charge in [-0.05, 0) is 49.4 Å². The number of hydrogen-bond donors (Lipinski definition) is 2.